The van der Waals surface area contributed by atoms with Gasteiger partial charge in [0.1, 0.15) is 13.2 Å². The minimum Gasteiger partial charge on any atom is -0.756 e. The van der Waals surface area contributed by atoms with Crippen LogP contribution in [0.4, 0.5) is 0 Å². The number of hydrogen-bond donors (Lipinski definition) is 2. The fraction of sp³-hybridized carbons (Fsp3) is 0.917. The van der Waals surface area contributed by atoms with Crippen LogP contribution < -0.4 is 10.2 Å². The van der Waals surface area contributed by atoms with Crippen LogP contribution in [0.25, 0.3) is 0 Å². The van der Waals surface area contributed by atoms with Gasteiger partial charge in [0.15, 0.2) is 0 Å². The van der Waals surface area contributed by atoms with E-state index in [0.29, 0.717) is 17.4 Å². The van der Waals surface area contributed by atoms with Gasteiger partial charge in [0, 0.05) is 6.42 Å². The summed E-state index contributed by atoms with van der Waals surface area (Å²) in [4.78, 5) is 25.7. The summed E-state index contributed by atoms with van der Waals surface area (Å²) in [7, 11) is 1.29. The van der Waals surface area contributed by atoms with Crippen molar-refractivity contribution >= 4 is 13.7 Å². The number of quaternary nitrogens is 1. The van der Waals surface area contributed by atoms with E-state index < -0.39 is 20.0 Å². The molecule has 0 aromatic heterocycles. The zero-order valence-electron chi connectivity index (χ0n) is 63.5. The molecule has 9 heteroatoms. The Hall–Kier alpha value is -1.28. The van der Waals surface area contributed by atoms with Gasteiger partial charge >= 0.3 is 0 Å². The van der Waals surface area contributed by atoms with Gasteiger partial charge in [-0.2, -0.15) is 0 Å². The number of nitrogens with zero attached hydrogens (tertiary/aromatic N) is 1. The van der Waals surface area contributed by atoms with Crippen LogP contribution in [0.5, 0.6) is 0 Å². The number of carbonyl (C=O) groups excluding carboxylic acids is 1. The second-order valence-electron chi connectivity index (χ2n) is 30.2. The average Bonchev–Trinajstić information content (AvgIpc) is 1.94. The van der Waals surface area contributed by atoms with E-state index in [-0.39, 0.29) is 19.1 Å². The van der Waals surface area contributed by atoms with Crippen molar-refractivity contribution < 1.29 is 32.9 Å². The quantitative estimate of drug-likeness (QED) is 0.0272. The molecule has 0 fully saturated rings. The lowest BCUT2D eigenvalue weighted by atomic mass is 10.0. The molecule has 0 saturated heterocycles. The predicted molar refractivity (Wildman–Crippen MR) is 408 cm³/mol. The normalized spacial score (nSPS) is 13.6. The van der Waals surface area contributed by atoms with Crippen molar-refractivity contribution in [3.05, 3.63) is 36.5 Å². The molecule has 93 heavy (non-hydrogen) atoms. The summed E-state index contributed by atoms with van der Waals surface area (Å²) in [5.41, 5.74) is 0. The zero-order valence-corrected chi connectivity index (χ0v) is 64.4. The number of allylic oxidation sites excluding steroid dienone is 5. The summed E-state index contributed by atoms with van der Waals surface area (Å²) in [5, 5.41) is 14.0. The second kappa shape index (κ2) is 74.9. The van der Waals surface area contributed by atoms with Gasteiger partial charge < -0.3 is 28.8 Å². The molecule has 2 N–H and O–H groups in total. The molecule has 0 bridgehead atoms. The highest BCUT2D eigenvalue weighted by atomic mass is 31.2. The third kappa shape index (κ3) is 77.9. The van der Waals surface area contributed by atoms with Crippen molar-refractivity contribution in [2.24, 2.45) is 0 Å². The maximum Gasteiger partial charge on any atom is 0.268 e. The lowest BCUT2D eigenvalue weighted by molar-refractivity contribution is -0.870. The molecule has 3 unspecified atom stereocenters. The summed E-state index contributed by atoms with van der Waals surface area (Å²) in [6.45, 7) is 4.71. The highest BCUT2D eigenvalue weighted by molar-refractivity contribution is 7.45. The molecule has 0 aliphatic heterocycles. The first-order valence-electron chi connectivity index (χ1n) is 41.9. The van der Waals surface area contributed by atoms with Crippen LogP contribution in [-0.2, 0) is 18.4 Å². The van der Waals surface area contributed by atoms with Crippen LogP contribution in [0.15, 0.2) is 36.5 Å². The van der Waals surface area contributed by atoms with Crippen LogP contribution in [0, 0.1) is 0 Å². The molecule has 0 aliphatic carbocycles. The molecule has 0 radical (unpaired) electrons. The maximum absolute atomic E-state index is 13.1. The van der Waals surface area contributed by atoms with Crippen LogP contribution in [0.1, 0.15) is 444 Å². The van der Waals surface area contributed by atoms with Crippen molar-refractivity contribution in [2.45, 2.75) is 456 Å². The monoisotopic (exact) mass is 1330 g/mol. The molecule has 0 aromatic rings. The Labute approximate surface area is 582 Å². The molecule has 0 saturated carbocycles. The van der Waals surface area contributed by atoms with Crippen LogP contribution >= 0.6 is 7.82 Å². The van der Waals surface area contributed by atoms with Gasteiger partial charge in [-0.1, -0.05) is 423 Å². The molecular formula is C84H165N2O6P. The molecular weight excluding hydrogens is 1160 g/mol. The van der Waals surface area contributed by atoms with Crippen molar-refractivity contribution in [3.63, 3.8) is 0 Å². The number of likely N-dealkylation sites (N-methyl/N-ethyl adjacent to an activating group) is 1. The van der Waals surface area contributed by atoms with Gasteiger partial charge in [0.2, 0.25) is 5.91 Å². The Bertz CT molecular complexity index is 1610. The number of carbonyl (C=O) groups is 1. The van der Waals surface area contributed by atoms with E-state index in [1.165, 1.54) is 379 Å². The lowest BCUT2D eigenvalue weighted by Crippen LogP contribution is -2.45. The first-order valence-corrected chi connectivity index (χ1v) is 43.3. The van der Waals surface area contributed by atoms with Gasteiger partial charge in [-0.25, -0.2) is 0 Å². The maximum atomic E-state index is 13.1. The Kier molecular flexibility index (Phi) is 73.9. The molecule has 552 valence electrons. The number of hydrogen-bond acceptors (Lipinski definition) is 6. The minimum atomic E-state index is -4.61. The number of rotatable bonds is 79. The van der Waals surface area contributed by atoms with E-state index in [0.717, 1.165) is 44.9 Å². The van der Waals surface area contributed by atoms with E-state index in [2.05, 4.69) is 43.5 Å². The van der Waals surface area contributed by atoms with Gasteiger partial charge in [-0.05, 0) is 51.4 Å². The lowest BCUT2D eigenvalue weighted by Gasteiger charge is -2.29. The van der Waals surface area contributed by atoms with E-state index in [4.69, 9.17) is 9.05 Å². The summed E-state index contributed by atoms with van der Waals surface area (Å²) in [6, 6.07) is -0.887. The number of phosphoric ester groups is 1. The van der Waals surface area contributed by atoms with E-state index in [1.807, 2.05) is 27.2 Å². The summed E-state index contributed by atoms with van der Waals surface area (Å²) < 4.78 is 23.5. The van der Waals surface area contributed by atoms with Gasteiger partial charge in [0.05, 0.1) is 39.9 Å². The van der Waals surface area contributed by atoms with Crippen molar-refractivity contribution in [3.8, 4) is 0 Å². The average molecular weight is 1330 g/mol. The summed E-state index contributed by atoms with van der Waals surface area (Å²) in [6.07, 6.45) is 102. The molecule has 8 nitrogen and oxygen atoms in total. The minimum absolute atomic E-state index is 0.00197. The Morgan fingerprint density at radius 2 is 0.624 bits per heavy atom. The standard InChI is InChI=1S/C84H165N2O6P/c1-6-8-10-12-14-16-18-20-22-24-26-28-30-32-34-36-38-40-41-42-43-44-45-46-48-50-52-54-56-58-60-62-64-66-68-70-72-74-76-78-84(88)85-82(81-92-93(89,90)91-80-79-86(3,4)5)83(87)77-75-73-71-69-67-65-63-61-59-57-55-53-51-49-47-39-37-35-33-31-29-27-25-23-21-19-17-15-13-11-9-7-2/h18,20,24,26,75,77,82-83,87H,6-17,19,21-23,25,27-74,76,78-81H2,1-5H3,(H-,85,88,89,90)/b20-18-,26-24-,77-75+. The van der Waals surface area contributed by atoms with Gasteiger partial charge in [0.25, 0.3) is 7.82 Å². The van der Waals surface area contributed by atoms with Crippen LogP contribution in [0.2, 0.25) is 0 Å². The molecule has 3 atom stereocenters. The summed E-state index contributed by atoms with van der Waals surface area (Å²) in [5.74, 6) is -0.187. The molecule has 0 spiro atoms. The van der Waals surface area contributed by atoms with Crippen molar-refractivity contribution in [2.75, 3.05) is 40.9 Å². The summed E-state index contributed by atoms with van der Waals surface area (Å²) >= 11 is 0. The number of aliphatic hydroxyl groups is 1. The van der Waals surface area contributed by atoms with Crippen LogP contribution in [0.3, 0.4) is 0 Å². The number of unbranched alkanes of at least 4 members (excludes halogenated alkanes) is 62. The smallest absolute Gasteiger partial charge is 0.268 e. The van der Waals surface area contributed by atoms with E-state index in [9.17, 15) is 19.4 Å². The molecule has 0 aliphatic rings. The van der Waals surface area contributed by atoms with Crippen LogP contribution in [-0.4, -0.2) is 68.5 Å². The third-order valence-electron chi connectivity index (χ3n) is 19.6. The zero-order chi connectivity index (χ0) is 67.6. The van der Waals surface area contributed by atoms with Crippen molar-refractivity contribution in [1.29, 1.82) is 0 Å². The first-order chi connectivity index (χ1) is 45.5. The first kappa shape index (κ1) is 91.7. The SMILES string of the molecule is CCCCCCC/C=C\C/C=C\CCCCCCCCCCCCCCCCCCCCCCCCCCCCCC(=O)NC(COP(=O)([O-])OCC[N+](C)(C)C)C(O)/C=C/CCCCCCCCCCCCCCCCCCCCCCCCCCCCCCCC. The van der Waals surface area contributed by atoms with Crippen molar-refractivity contribution in [1.82, 2.24) is 5.32 Å². The Morgan fingerprint density at radius 3 is 0.892 bits per heavy atom. The largest absolute Gasteiger partial charge is 0.756 e. The number of amides is 1. The van der Waals surface area contributed by atoms with E-state index in [1.54, 1.807) is 6.08 Å². The van der Waals surface area contributed by atoms with Gasteiger partial charge in [-0.3, -0.25) is 9.36 Å². The number of nitrogens with one attached hydrogen (secondary N) is 1. The highest BCUT2D eigenvalue weighted by Crippen LogP contribution is 2.38. The molecule has 0 aromatic carbocycles. The fourth-order valence-corrected chi connectivity index (χ4v) is 13.9. The fourth-order valence-electron chi connectivity index (χ4n) is 13.1. The number of aliphatic hydroxyl groups excluding tert-OH is 1. The second-order valence-corrected chi connectivity index (χ2v) is 31.6. The Morgan fingerprint density at radius 1 is 0.376 bits per heavy atom. The molecule has 0 rings (SSSR count). The third-order valence-corrected chi connectivity index (χ3v) is 20.6. The highest BCUT2D eigenvalue weighted by Gasteiger charge is 2.23. The predicted octanol–water partition coefficient (Wildman–Crippen LogP) is 26.9. The van der Waals surface area contributed by atoms with Gasteiger partial charge in [-0.15, -0.1) is 0 Å². The molecule has 0 heterocycles. The van der Waals surface area contributed by atoms with E-state index >= 15 is 0 Å². The molecule has 1 amide bonds. The number of phosphoric acid groups is 1. The topological polar surface area (TPSA) is 108 Å². The Balaban J connectivity index is 3.91.